The van der Waals surface area contributed by atoms with Crippen LogP contribution in [-0.4, -0.2) is 0 Å². The first-order valence-corrected chi connectivity index (χ1v) is 10.1. The van der Waals surface area contributed by atoms with Crippen molar-refractivity contribution in [3.8, 4) is 0 Å². The zero-order chi connectivity index (χ0) is 21.8. The van der Waals surface area contributed by atoms with E-state index in [0.717, 1.165) is 37.3 Å². The Balaban J connectivity index is 2.00. The molecule has 0 saturated heterocycles. The smallest absolute Gasteiger partial charge is 0.169 e. The SMILES string of the molecule is CCCCCc1ccc(C(F)=C(F)c2ccc3cc(CC)c(F)c(F)c3c2F)cc1. The predicted molar refractivity (Wildman–Crippen MR) is 112 cm³/mol. The predicted octanol–water partition coefficient (Wildman–Crippen LogP) is 8.32. The van der Waals surface area contributed by atoms with Crippen LogP contribution in [-0.2, 0) is 12.8 Å². The van der Waals surface area contributed by atoms with E-state index in [-0.39, 0.29) is 22.9 Å². The van der Waals surface area contributed by atoms with Crippen molar-refractivity contribution >= 4 is 22.4 Å². The Labute approximate surface area is 173 Å². The molecule has 0 aliphatic heterocycles. The summed E-state index contributed by atoms with van der Waals surface area (Å²) < 4.78 is 72.8. The highest BCUT2D eigenvalue weighted by Gasteiger charge is 2.22. The van der Waals surface area contributed by atoms with Crippen LogP contribution < -0.4 is 0 Å². The molecule has 0 amide bonds. The summed E-state index contributed by atoms with van der Waals surface area (Å²) in [5.41, 5.74) is 0.309. The fraction of sp³-hybridized carbons (Fsp3) is 0.280. The van der Waals surface area contributed by atoms with Gasteiger partial charge in [-0.3, -0.25) is 0 Å². The second kappa shape index (κ2) is 9.41. The number of hydrogen-bond acceptors (Lipinski definition) is 0. The Hall–Kier alpha value is -2.69. The Bertz CT molecular complexity index is 1080. The van der Waals surface area contributed by atoms with Gasteiger partial charge in [0.2, 0.25) is 0 Å². The number of rotatable bonds is 7. The highest BCUT2D eigenvalue weighted by atomic mass is 19.2. The molecule has 0 nitrogen and oxygen atoms in total. The van der Waals surface area contributed by atoms with Crippen molar-refractivity contribution in [3.63, 3.8) is 0 Å². The summed E-state index contributed by atoms with van der Waals surface area (Å²) >= 11 is 0. The van der Waals surface area contributed by atoms with E-state index in [1.807, 2.05) is 0 Å². The molecule has 30 heavy (non-hydrogen) atoms. The second-order valence-electron chi connectivity index (χ2n) is 7.32. The fourth-order valence-corrected chi connectivity index (χ4v) is 3.50. The van der Waals surface area contributed by atoms with Gasteiger partial charge >= 0.3 is 0 Å². The third-order valence-corrected chi connectivity index (χ3v) is 5.28. The third-order valence-electron chi connectivity index (χ3n) is 5.28. The summed E-state index contributed by atoms with van der Waals surface area (Å²) in [5.74, 6) is -6.60. The number of hydrogen-bond donors (Lipinski definition) is 0. The van der Waals surface area contributed by atoms with Crippen LogP contribution in [0.15, 0.2) is 42.5 Å². The molecule has 3 aromatic rings. The molecule has 158 valence electrons. The molecule has 0 unspecified atom stereocenters. The number of aryl methyl sites for hydroxylation is 2. The second-order valence-corrected chi connectivity index (χ2v) is 7.32. The van der Waals surface area contributed by atoms with Gasteiger partial charge in [0.15, 0.2) is 23.3 Å². The van der Waals surface area contributed by atoms with E-state index in [9.17, 15) is 22.0 Å². The Morgan fingerprint density at radius 1 is 0.767 bits per heavy atom. The molecule has 3 rings (SSSR count). The quantitative estimate of drug-likeness (QED) is 0.206. The molecule has 0 radical (unpaired) electrons. The van der Waals surface area contributed by atoms with Gasteiger partial charge in [0.05, 0.1) is 5.39 Å². The molecule has 0 atom stereocenters. The summed E-state index contributed by atoms with van der Waals surface area (Å²) in [6.45, 7) is 3.74. The molecule has 0 fully saturated rings. The standard InChI is InChI=1S/C25H23F5/c1-3-5-6-7-15-8-10-17(11-9-15)22(27)24(29)19-13-12-18-14-16(4-2)21(26)25(30)20(18)23(19)28/h8-14H,3-7H2,1-2H3. The van der Waals surface area contributed by atoms with Crippen molar-refractivity contribution in [1.82, 2.24) is 0 Å². The maximum Gasteiger partial charge on any atom is 0.169 e. The van der Waals surface area contributed by atoms with Gasteiger partial charge in [-0.25, -0.2) is 22.0 Å². The van der Waals surface area contributed by atoms with E-state index >= 15 is 0 Å². The van der Waals surface area contributed by atoms with Gasteiger partial charge in [-0.15, -0.1) is 0 Å². The van der Waals surface area contributed by atoms with Gasteiger partial charge in [-0.1, -0.05) is 57.0 Å². The van der Waals surface area contributed by atoms with Crippen LogP contribution in [0.25, 0.3) is 22.4 Å². The summed E-state index contributed by atoms with van der Waals surface area (Å²) in [4.78, 5) is 0. The van der Waals surface area contributed by atoms with Crippen LogP contribution in [0, 0.1) is 17.5 Å². The van der Waals surface area contributed by atoms with E-state index in [1.54, 1.807) is 19.1 Å². The zero-order valence-corrected chi connectivity index (χ0v) is 17.0. The normalized spacial score (nSPS) is 12.4. The maximum atomic E-state index is 14.9. The first-order valence-electron chi connectivity index (χ1n) is 10.1. The Morgan fingerprint density at radius 3 is 2.10 bits per heavy atom. The van der Waals surface area contributed by atoms with E-state index in [0.29, 0.717) is 0 Å². The van der Waals surface area contributed by atoms with Gasteiger partial charge in [0.25, 0.3) is 0 Å². The molecule has 0 bridgehead atoms. The van der Waals surface area contributed by atoms with Gasteiger partial charge in [0.1, 0.15) is 5.82 Å². The maximum absolute atomic E-state index is 14.9. The minimum absolute atomic E-state index is 0.0424. The largest absolute Gasteiger partial charge is 0.205 e. The van der Waals surface area contributed by atoms with Crippen molar-refractivity contribution in [2.24, 2.45) is 0 Å². The van der Waals surface area contributed by atoms with Crippen LogP contribution in [0.3, 0.4) is 0 Å². The van der Waals surface area contributed by atoms with Crippen LogP contribution in [0.2, 0.25) is 0 Å². The highest BCUT2D eigenvalue weighted by Crippen LogP contribution is 2.35. The number of halogens is 5. The monoisotopic (exact) mass is 418 g/mol. The lowest BCUT2D eigenvalue weighted by molar-refractivity contribution is 0.503. The van der Waals surface area contributed by atoms with Crippen LogP contribution in [0.4, 0.5) is 22.0 Å². The summed E-state index contributed by atoms with van der Waals surface area (Å²) in [6, 6.07) is 9.90. The first-order chi connectivity index (χ1) is 14.4. The average molecular weight is 418 g/mol. The summed E-state index contributed by atoms with van der Waals surface area (Å²) in [5, 5.41) is -0.590. The molecular formula is C25H23F5. The van der Waals surface area contributed by atoms with Gasteiger partial charge < -0.3 is 0 Å². The van der Waals surface area contributed by atoms with Crippen molar-refractivity contribution in [3.05, 3.63) is 82.2 Å². The first kappa shape index (κ1) is 22.0. The molecule has 0 aromatic heterocycles. The minimum Gasteiger partial charge on any atom is -0.205 e. The van der Waals surface area contributed by atoms with Crippen LogP contribution in [0.1, 0.15) is 55.4 Å². The molecule has 0 aliphatic rings. The lowest BCUT2D eigenvalue weighted by atomic mass is 9.99. The van der Waals surface area contributed by atoms with E-state index in [4.69, 9.17) is 0 Å². The van der Waals surface area contributed by atoms with Crippen molar-refractivity contribution in [2.75, 3.05) is 0 Å². The van der Waals surface area contributed by atoms with Gasteiger partial charge in [0, 0.05) is 11.1 Å². The Kier molecular flexibility index (Phi) is 6.91. The van der Waals surface area contributed by atoms with Gasteiger partial charge in [-0.05, 0) is 47.9 Å². The molecule has 3 aromatic carbocycles. The molecule has 0 saturated carbocycles. The minimum atomic E-state index is -1.45. The molecular weight excluding hydrogens is 395 g/mol. The summed E-state index contributed by atoms with van der Waals surface area (Å²) in [6.07, 6.45) is 4.24. The zero-order valence-electron chi connectivity index (χ0n) is 17.0. The average Bonchev–Trinajstić information content (AvgIpc) is 2.76. The molecule has 0 N–H and O–H groups in total. The third kappa shape index (κ3) is 4.25. The lowest BCUT2D eigenvalue weighted by Crippen LogP contribution is -1.99. The number of fused-ring (bicyclic) bond motifs is 1. The number of benzene rings is 3. The van der Waals surface area contributed by atoms with Crippen molar-refractivity contribution in [2.45, 2.75) is 46.0 Å². The van der Waals surface area contributed by atoms with Crippen molar-refractivity contribution < 1.29 is 22.0 Å². The van der Waals surface area contributed by atoms with Crippen LogP contribution in [0.5, 0.6) is 0 Å². The van der Waals surface area contributed by atoms with E-state index < -0.39 is 40.1 Å². The molecule has 5 heteroatoms. The summed E-state index contributed by atoms with van der Waals surface area (Å²) in [7, 11) is 0. The molecule has 0 heterocycles. The van der Waals surface area contributed by atoms with E-state index in [1.165, 1.54) is 24.3 Å². The van der Waals surface area contributed by atoms with Crippen LogP contribution >= 0.6 is 0 Å². The number of unbranched alkanes of at least 4 members (excludes halogenated alkanes) is 2. The molecule has 0 aliphatic carbocycles. The topological polar surface area (TPSA) is 0 Å². The fourth-order valence-electron chi connectivity index (χ4n) is 3.50. The van der Waals surface area contributed by atoms with Crippen molar-refractivity contribution in [1.29, 1.82) is 0 Å². The van der Waals surface area contributed by atoms with E-state index in [2.05, 4.69) is 6.92 Å². The molecule has 0 spiro atoms. The van der Waals surface area contributed by atoms with Gasteiger partial charge in [-0.2, -0.15) is 0 Å². The Morgan fingerprint density at radius 2 is 1.47 bits per heavy atom. The lowest BCUT2D eigenvalue weighted by Gasteiger charge is -2.10. The highest BCUT2D eigenvalue weighted by molar-refractivity contribution is 5.91.